The van der Waals surface area contributed by atoms with Crippen LogP contribution in [0.1, 0.15) is 61.9 Å². The van der Waals surface area contributed by atoms with Crippen LogP contribution in [0.3, 0.4) is 0 Å². The molecule has 0 spiro atoms. The van der Waals surface area contributed by atoms with Crippen LogP contribution in [0, 0.1) is 0 Å². The first-order valence-corrected chi connectivity index (χ1v) is 8.61. The van der Waals surface area contributed by atoms with Crippen LogP contribution in [0.15, 0.2) is 24.3 Å². The molecule has 0 aromatic heterocycles. The molecule has 1 aromatic carbocycles. The Balaban J connectivity index is 2.61. The Kier molecular flexibility index (Phi) is 5.25. The minimum absolute atomic E-state index is 0.694. The molecule has 1 aromatic rings. The number of aryl methyl sites for hydroxylation is 1. The maximum Gasteiger partial charge on any atom is 0.0867 e. The normalized spacial score (nSPS) is 16.7. The molecule has 120 valence electrons. The fourth-order valence-corrected chi connectivity index (χ4v) is 3.60. The summed E-state index contributed by atoms with van der Waals surface area (Å²) in [6.07, 6.45) is 11.3. The van der Waals surface area contributed by atoms with Crippen molar-refractivity contribution < 1.29 is 0 Å². The Hall–Kier alpha value is -1.38. The van der Waals surface area contributed by atoms with Crippen molar-refractivity contribution in [2.45, 2.75) is 65.5 Å². The van der Waals surface area contributed by atoms with Crippen molar-refractivity contribution in [1.29, 1.82) is 0 Å². The Morgan fingerprint density at radius 3 is 2.00 bits per heavy atom. The second-order valence-electron chi connectivity index (χ2n) is 6.24. The molecule has 4 N–H and O–H groups in total. The van der Waals surface area contributed by atoms with Crippen molar-refractivity contribution in [3.05, 3.63) is 52.1 Å². The van der Waals surface area contributed by atoms with Gasteiger partial charge in [0.2, 0.25) is 0 Å². The molecule has 2 rings (SSSR count). The molecule has 2 heteroatoms. The van der Waals surface area contributed by atoms with Crippen LogP contribution in [0.2, 0.25) is 0 Å². The molecule has 0 radical (unpaired) electrons. The summed E-state index contributed by atoms with van der Waals surface area (Å²) in [6, 6.07) is 2.40. The zero-order valence-electron chi connectivity index (χ0n) is 14.5. The molecule has 2 nitrogen and oxygen atoms in total. The second kappa shape index (κ2) is 6.80. The molecule has 0 aliphatic heterocycles. The van der Waals surface area contributed by atoms with Crippen LogP contribution in [0.4, 0.5) is 0 Å². The summed E-state index contributed by atoms with van der Waals surface area (Å²) in [6.45, 7) is 9.04. The monoisotopic (exact) mass is 298 g/mol. The predicted octanol–water partition coefficient (Wildman–Crippen LogP) is 3.89. The van der Waals surface area contributed by atoms with Crippen molar-refractivity contribution >= 4 is 5.57 Å². The zero-order chi connectivity index (χ0) is 16.3. The summed E-state index contributed by atoms with van der Waals surface area (Å²) in [7, 11) is 0. The third-order valence-corrected chi connectivity index (χ3v) is 4.76. The molecule has 0 atom stereocenters. The molecule has 0 unspecified atom stereocenters. The lowest BCUT2D eigenvalue weighted by Crippen LogP contribution is -2.47. The van der Waals surface area contributed by atoms with E-state index in [9.17, 15) is 0 Å². The summed E-state index contributed by atoms with van der Waals surface area (Å²) in [5.74, 6) is 0. The molecule has 1 aliphatic carbocycles. The van der Waals surface area contributed by atoms with Crippen LogP contribution in [0.5, 0.6) is 0 Å². The lowest BCUT2D eigenvalue weighted by atomic mass is 9.82. The lowest BCUT2D eigenvalue weighted by Gasteiger charge is -2.26. The van der Waals surface area contributed by atoms with Gasteiger partial charge in [-0.1, -0.05) is 45.9 Å². The Morgan fingerprint density at radius 1 is 0.909 bits per heavy atom. The van der Waals surface area contributed by atoms with Crippen LogP contribution >= 0.6 is 0 Å². The number of allylic oxidation sites excluding steroid dienone is 2. The predicted molar refractivity (Wildman–Crippen MR) is 96.8 cm³/mol. The van der Waals surface area contributed by atoms with E-state index >= 15 is 0 Å². The Bertz CT molecular complexity index is 607. The summed E-state index contributed by atoms with van der Waals surface area (Å²) in [5, 5.41) is 0. The van der Waals surface area contributed by atoms with Crippen LogP contribution in [-0.2, 0) is 25.7 Å². The molecule has 1 aliphatic rings. The van der Waals surface area contributed by atoms with Gasteiger partial charge in [-0.2, -0.15) is 0 Å². The minimum atomic E-state index is -0.694. The highest BCUT2D eigenvalue weighted by atomic mass is 14.9. The van der Waals surface area contributed by atoms with Crippen LogP contribution in [0.25, 0.3) is 5.57 Å². The molecular formula is C20H30N2. The van der Waals surface area contributed by atoms with E-state index in [1.807, 2.05) is 6.08 Å². The van der Waals surface area contributed by atoms with E-state index in [1.54, 1.807) is 11.1 Å². The van der Waals surface area contributed by atoms with Crippen LogP contribution < -0.4 is 11.5 Å². The highest BCUT2D eigenvalue weighted by Crippen LogP contribution is 2.33. The third kappa shape index (κ3) is 3.18. The number of hydrogen-bond donors (Lipinski definition) is 2. The SMILES string of the molecule is CCc1cc(C2=CCC(N)(N)C=C2)c(CC)c(CC)c1CC. The van der Waals surface area contributed by atoms with Crippen molar-refractivity contribution in [2.75, 3.05) is 0 Å². The number of rotatable bonds is 5. The summed E-state index contributed by atoms with van der Waals surface area (Å²) < 4.78 is 0. The first kappa shape index (κ1) is 17.0. The van der Waals surface area contributed by atoms with Gasteiger partial charge in [0, 0.05) is 6.42 Å². The number of nitrogens with two attached hydrogens (primary N) is 2. The number of hydrogen-bond acceptors (Lipinski definition) is 2. The van der Waals surface area contributed by atoms with Gasteiger partial charge in [-0.15, -0.1) is 0 Å². The molecule has 0 saturated heterocycles. The van der Waals surface area contributed by atoms with Gasteiger partial charge in [-0.25, -0.2) is 0 Å². The highest BCUT2D eigenvalue weighted by molar-refractivity contribution is 5.79. The Labute approximate surface area is 135 Å². The molecule has 0 bridgehead atoms. The van der Waals surface area contributed by atoms with Gasteiger partial charge in [0.05, 0.1) is 5.66 Å². The summed E-state index contributed by atoms with van der Waals surface area (Å²) >= 11 is 0. The topological polar surface area (TPSA) is 52.0 Å². The molecule has 0 amide bonds. The van der Waals surface area contributed by atoms with E-state index in [-0.39, 0.29) is 0 Å². The fraction of sp³-hybridized carbons (Fsp3) is 0.500. The van der Waals surface area contributed by atoms with Gasteiger partial charge in [0.15, 0.2) is 0 Å². The van der Waals surface area contributed by atoms with Gasteiger partial charge in [0.1, 0.15) is 0 Å². The van der Waals surface area contributed by atoms with E-state index < -0.39 is 5.66 Å². The van der Waals surface area contributed by atoms with Crippen molar-refractivity contribution in [3.63, 3.8) is 0 Å². The highest BCUT2D eigenvalue weighted by Gasteiger charge is 2.21. The quantitative estimate of drug-likeness (QED) is 0.810. The molecular weight excluding hydrogens is 268 g/mol. The standard InChI is InChI=1S/C20H30N2/c1-5-14-13-19(15-9-11-20(21,22)12-10-15)18(8-4)17(7-3)16(14)6-2/h9-11,13H,5-8,12,21-22H2,1-4H3. The van der Waals surface area contributed by atoms with Gasteiger partial charge < -0.3 is 11.5 Å². The largest absolute Gasteiger partial charge is 0.310 e. The van der Waals surface area contributed by atoms with Crippen LogP contribution in [-0.4, -0.2) is 5.66 Å². The van der Waals surface area contributed by atoms with Crippen molar-refractivity contribution in [3.8, 4) is 0 Å². The zero-order valence-corrected chi connectivity index (χ0v) is 14.5. The van der Waals surface area contributed by atoms with E-state index in [4.69, 9.17) is 11.5 Å². The van der Waals surface area contributed by atoms with Crippen molar-refractivity contribution in [1.82, 2.24) is 0 Å². The second-order valence-corrected chi connectivity index (χ2v) is 6.24. The third-order valence-electron chi connectivity index (χ3n) is 4.76. The Morgan fingerprint density at radius 2 is 1.55 bits per heavy atom. The molecule has 0 heterocycles. The van der Waals surface area contributed by atoms with E-state index in [1.165, 1.54) is 22.3 Å². The maximum atomic E-state index is 5.99. The first-order chi connectivity index (χ1) is 10.5. The minimum Gasteiger partial charge on any atom is -0.310 e. The van der Waals surface area contributed by atoms with Gasteiger partial charge in [-0.05, 0) is 65.1 Å². The smallest absolute Gasteiger partial charge is 0.0867 e. The van der Waals surface area contributed by atoms with E-state index in [0.717, 1.165) is 25.7 Å². The first-order valence-electron chi connectivity index (χ1n) is 8.61. The maximum absolute atomic E-state index is 5.99. The molecule has 22 heavy (non-hydrogen) atoms. The number of benzene rings is 1. The summed E-state index contributed by atoms with van der Waals surface area (Å²) in [5.41, 5.74) is 20.0. The lowest BCUT2D eigenvalue weighted by molar-refractivity contribution is 0.558. The summed E-state index contributed by atoms with van der Waals surface area (Å²) in [4.78, 5) is 0. The van der Waals surface area contributed by atoms with Gasteiger partial charge >= 0.3 is 0 Å². The van der Waals surface area contributed by atoms with E-state index in [0.29, 0.717) is 6.42 Å². The van der Waals surface area contributed by atoms with Gasteiger partial charge in [0.25, 0.3) is 0 Å². The van der Waals surface area contributed by atoms with E-state index in [2.05, 4.69) is 45.9 Å². The van der Waals surface area contributed by atoms with Crippen molar-refractivity contribution in [2.24, 2.45) is 11.5 Å². The fourth-order valence-electron chi connectivity index (χ4n) is 3.60. The molecule has 0 saturated carbocycles. The van der Waals surface area contributed by atoms with Gasteiger partial charge in [-0.3, -0.25) is 0 Å². The average molecular weight is 298 g/mol. The average Bonchev–Trinajstić information content (AvgIpc) is 2.52. The molecule has 0 fully saturated rings.